The molecule has 0 heterocycles. The first kappa shape index (κ1) is 14.5. The molecule has 1 fully saturated rings. The quantitative estimate of drug-likeness (QED) is 0.689. The van der Waals surface area contributed by atoms with Gasteiger partial charge >= 0.3 is 5.97 Å². The lowest BCUT2D eigenvalue weighted by atomic mass is 10.1. The summed E-state index contributed by atoms with van der Waals surface area (Å²) in [6.07, 6.45) is 5.11. The molecule has 0 saturated heterocycles. The SMILES string of the molecule is CCOC(=O)CN(CC(O)CC)C1CCCC1. The molecule has 1 aliphatic rings. The maximum atomic E-state index is 11.5. The van der Waals surface area contributed by atoms with Crippen LogP contribution in [0.1, 0.15) is 46.0 Å². The molecule has 1 N–H and O–H groups in total. The average Bonchev–Trinajstić information content (AvgIpc) is 2.81. The van der Waals surface area contributed by atoms with Crippen LogP contribution in [0.4, 0.5) is 0 Å². The predicted molar refractivity (Wildman–Crippen MR) is 66.8 cm³/mol. The number of ether oxygens (including phenoxy) is 1. The van der Waals surface area contributed by atoms with Gasteiger partial charge in [0.25, 0.3) is 0 Å². The lowest BCUT2D eigenvalue weighted by Crippen LogP contribution is -2.42. The standard InChI is InChI=1S/C13H25NO3/c1-3-12(15)9-14(10-13(16)17-4-2)11-7-5-6-8-11/h11-12,15H,3-10H2,1-2H3. The van der Waals surface area contributed by atoms with Crippen LogP contribution in [-0.2, 0) is 9.53 Å². The Morgan fingerprint density at radius 3 is 2.59 bits per heavy atom. The Morgan fingerprint density at radius 2 is 2.06 bits per heavy atom. The van der Waals surface area contributed by atoms with E-state index in [1.165, 1.54) is 12.8 Å². The van der Waals surface area contributed by atoms with Crippen LogP contribution in [0, 0.1) is 0 Å². The highest BCUT2D eigenvalue weighted by atomic mass is 16.5. The largest absolute Gasteiger partial charge is 0.465 e. The number of hydrogen-bond acceptors (Lipinski definition) is 4. The molecule has 0 radical (unpaired) electrons. The van der Waals surface area contributed by atoms with Gasteiger partial charge in [0.1, 0.15) is 0 Å². The molecule has 0 aromatic rings. The van der Waals surface area contributed by atoms with Crippen molar-refractivity contribution in [1.29, 1.82) is 0 Å². The second kappa shape index (κ2) is 7.67. The molecule has 1 atom stereocenters. The van der Waals surface area contributed by atoms with Crippen LogP contribution in [0.15, 0.2) is 0 Å². The fourth-order valence-corrected chi connectivity index (χ4v) is 2.38. The summed E-state index contributed by atoms with van der Waals surface area (Å²) in [5.41, 5.74) is 0. The topological polar surface area (TPSA) is 49.8 Å². The van der Waals surface area contributed by atoms with Gasteiger partial charge in [-0.1, -0.05) is 19.8 Å². The molecule has 0 bridgehead atoms. The van der Waals surface area contributed by atoms with Crippen LogP contribution < -0.4 is 0 Å². The van der Waals surface area contributed by atoms with E-state index >= 15 is 0 Å². The predicted octanol–water partition coefficient (Wildman–Crippen LogP) is 1.56. The van der Waals surface area contributed by atoms with Crippen LogP contribution in [0.25, 0.3) is 0 Å². The first-order valence-corrected chi connectivity index (χ1v) is 6.75. The van der Waals surface area contributed by atoms with Crippen molar-refractivity contribution in [3.63, 3.8) is 0 Å². The van der Waals surface area contributed by atoms with E-state index in [2.05, 4.69) is 4.90 Å². The molecule has 0 amide bonds. The Hall–Kier alpha value is -0.610. The van der Waals surface area contributed by atoms with Crippen LogP contribution in [0.2, 0.25) is 0 Å². The molecule has 100 valence electrons. The van der Waals surface area contributed by atoms with E-state index in [0.717, 1.165) is 19.3 Å². The molecular weight excluding hydrogens is 218 g/mol. The van der Waals surface area contributed by atoms with Crippen molar-refractivity contribution in [3.8, 4) is 0 Å². The fourth-order valence-electron chi connectivity index (χ4n) is 2.38. The van der Waals surface area contributed by atoms with Crippen molar-refractivity contribution >= 4 is 5.97 Å². The number of rotatable bonds is 7. The van der Waals surface area contributed by atoms with Crippen molar-refractivity contribution in [2.45, 2.75) is 58.1 Å². The van der Waals surface area contributed by atoms with Crippen LogP contribution in [0.5, 0.6) is 0 Å². The number of hydrogen-bond donors (Lipinski definition) is 1. The molecule has 1 unspecified atom stereocenters. The Balaban J connectivity index is 2.48. The zero-order valence-corrected chi connectivity index (χ0v) is 11.0. The lowest BCUT2D eigenvalue weighted by Gasteiger charge is -2.29. The highest BCUT2D eigenvalue weighted by molar-refractivity contribution is 5.71. The van der Waals surface area contributed by atoms with E-state index in [-0.39, 0.29) is 12.1 Å². The molecule has 0 aliphatic heterocycles. The zero-order valence-electron chi connectivity index (χ0n) is 11.0. The van der Waals surface area contributed by atoms with Crippen molar-refractivity contribution in [2.75, 3.05) is 19.7 Å². The third-order valence-electron chi connectivity index (χ3n) is 3.40. The number of carbonyl (C=O) groups excluding carboxylic acids is 1. The summed E-state index contributed by atoms with van der Waals surface area (Å²) in [6.45, 7) is 5.10. The van der Waals surface area contributed by atoms with E-state index < -0.39 is 0 Å². The molecule has 1 saturated carbocycles. The molecular formula is C13H25NO3. The first-order chi connectivity index (χ1) is 8.17. The zero-order chi connectivity index (χ0) is 12.7. The van der Waals surface area contributed by atoms with Gasteiger partial charge in [0.15, 0.2) is 0 Å². The number of aliphatic hydroxyl groups excluding tert-OH is 1. The van der Waals surface area contributed by atoms with E-state index in [1.54, 1.807) is 0 Å². The summed E-state index contributed by atoms with van der Waals surface area (Å²) in [6, 6.07) is 0.445. The van der Waals surface area contributed by atoms with E-state index in [0.29, 0.717) is 25.7 Å². The number of aliphatic hydroxyl groups is 1. The van der Waals surface area contributed by atoms with Gasteiger partial charge in [-0.2, -0.15) is 0 Å². The molecule has 0 aromatic carbocycles. The summed E-state index contributed by atoms with van der Waals surface area (Å²) >= 11 is 0. The Bertz CT molecular complexity index is 227. The minimum Gasteiger partial charge on any atom is -0.465 e. The second-order valence-electron chi connectivity index (χ2n) is 4.73. The van der Waals surface area contributed by atoms with Gasteiger partial charge in [-0.25, -0.2) is 0 Å². The van der Waals surface area contributed by atoms with Gasteiger partial charge < -0.3 is 9.84 Å². The van der Waals surface area contributed by atoms with Gasteiger partial charge in [-0.15, -0.1) is 0 Å². The molecule has 1 rings (SSSR count). The van der Waals surface area contributed by atoms with Crippen molar-refractivity contribution < 1.29 is 14.6 Å². The van der Waals surface area contributed by atoms with E-state index in [9.17, 15) is 9.90 Å². The molecule has 0 aromatic heterocycles. The van der Waals surface area contributed by atoms with Crippen molar-refractivity contribution in [1.82, 2.24) is 4.90 Å². The third-order valence-corrected chi connectivity index (χ3v) is 3.40. The monoisotopic (exact) mass is 243 g/mol. The summed E-state index contributed by atoms with van der Waals surface area (Å²) < 4.78 is 4.98. The smallest absolute Gasteiger partial charge is 0.320 e. The fraction of sp³-hybridized carbons (Fsp3) is 0.923. The number of esters is 1. The van der Waals surface area contributed by atoms with Gasteiger partial charge in [0.2, 0.25) is 0 Å². The van der Waals surface area contributed by atoms with Gasteiger partial charge in [-0.05, 0) is 26.2 Å². The van der Waals surface area contributed by atoms with Crippen molar-refractivity contribution in [2.24, 2.45) is 0 Å². The molecule has 1 aliphatic carbocycles. The minimum absolute atomic E-state index is 0.178. The summed E-state index contributed by atoms with van der Waals surface area (Å²) in [4.78, 5) is 13.6. The van der Waals surface area contributed by atoms with Crippen molar-refractivity contribution in [3.05, 3.63) is 0 Å². The summed E-state index contributed by atoms with van der Waals surface area (Å²) in [7, 11) is 0. The molecule has 17 heavy (non-hydrogen) atoms. The third kappa shape index (κ3) is 5.04. The molecule has 0 spiro atoms. The van der Waals surface area contributed by atoms with E-state index in [1.807, 2.05) is 13.8 Å². The lowest BCUT2D eigenvalue weighted by molar-refractivity contribution is -0.145. The van der Waals surface area contributed by atoms with Crippen LogP contribution in [-0.4, -0.2) is 47.8 Å². The summed E-state index contributed by atoms with van der Waals surface area (Å²) in [5.74, 6) is -0.178. The average molecular weight is 243 g/mol. The van der Waals surface area contributed by atoms with Gasteiger partial charge in [-0.3, -0.25) is 9.69 Å². The molecule has 4 nitrogen and oxygen atoms in total. The highest BCUT2D eigenvalue weighted by Crippen LogP contribution is 2.23. The normalized spacial score (nSPS) is 18.6. The second-order valence-corrected chi connectivity index (χ2v) is 4.73. The Morgan fingerprint density at radius 1 is 1.41 bits per heavy atom. The van der Waals surface area contributed by atoms with Gasteiger partial charge in [0.05, 0.1) is 19.3 Å². The first-order valence-electron chi connectivity index (χ1n) is 6.75. The summed E-state index contributed by atoms with van der Waals surface area (Å²) in [5, 5.41) is 9.74. The Kier molecular flexibility index (Phi) is 6.52. The number of carbonyl (C=O) groups is 1. The van der Waals surface area contributed by atoms with Crippen LogP contribution in [0.3, 0.4) is 0 Å². The maximum absolute atomic E-state index is 11.5. The maximum Gasteiger partial charge on any atom is 0.320 e. The molecule has 4 heteroatoms. The highest BCUT2D eigenvalue weighted by Gasteiger charge is 2.26. The Labute approximate surface area is 104 Å². The van der Waals surface area contributed by atoms with Gasteiger partial charge in [0, 0.05) is 12.6 Å². The van der Waals surface area contributed by atoms with Crippen LogP contribution >= 0.6 is 0 Å². The minimum atomic E-state index is -0.343. The number of nitrogens with zero attached hydrogens (tertiary/aromatic N) is 1. The van der Waals surface area contributed by atoms with E-state index in [4.69, 9.17) is 4.74 Å².